The number of ether oxygens (including phenoxy) is 1. The van der Waals surface area contributed by atoms with Crippen molar-refractivity contribution in [2.45, 2.75) is 37.2 Å². The third kappa shape index (κ3) is 7.45. The summed E-state index contributed by atoms with van der Waals surface area (Å²) in [4.78, 5) is 4.12. The Morgan fingerprint density at radius 3 is 2.53 bits per heavy atom. The number of nitrogens with one attached hydrogen (secondary N) is 2. The van der Waals surface area contributed by atoms with Crippen molar-refractivity contribution in [1.29, 1.82) is 0 Å². The highest BCUT2D eigenvalue weighted by atomic mass is 127. The third-order valence-corrected chi connectivity index (χ3v) is 6.35. The minimum atomic E-state index is -5.26. The molecule has 2 N–H and O–H groups in total. The summed E-state index contributed by atoms with van der Waals surface area (Å²) in [5.41, 5.74) is -4.10. The van der Waals surface area contributed by atoms with E-state index in [9.17, 15) is 21.6 Å². The summed E-state index contributed by atoms with van der Waals surface area (Å²) in [6.45, 7) is 0.316. The molecule has 0 unspecified atom stereocenters. The number of methoxy groups -OCH3 is 1. The van der Waals surface area contributed by atoms with Crippen molar-refractivity contribution in [1.82, 2.24) is 14.9 Å². The zero-order valence-corrected chi connectivity index (χ0v) is 20.1. The first kappa shape index (κ1) is 26.8. The molecule has 1 fully saturated rings. The summed E-state index contributed by atoms with van der Waals surface area (Å²) in [6.07, 6.45) is 2.27. The number of rotatable bonds is 7. The number of piperidine rings is 1. The number of aryl methyl sites for hydroxylation is 1. The molecule has 1 heterocycles. The molecule has 1 aliphatic heterocycles. The second-order valence-electron chi connectivity index (χ2n) is 6.72. The lowest BCUT2D eigenvalue weighted by atomic mass is 10.1. The lowest BCUT2D eigenvalue weighted by Gasteiger charge is -2.32. The highest BCUT2D eigenvalue weighted by molar-refractivity contribution is 14.0. The number of sulfonamides is 1. The second-order valence-corrected chi connectivity index (χ2v) is 8.65. The highest BCUT2D eigenvalue weighted by Gasteiger charge is 2.50. The van der Waals surface area contributed by atoms with Gasteiger partial charge in [-0.15, -0.1) is 24.0 Å². The SMILES string of the molecule is CN=C(NCCCc1cccc(OC)c1)NC1CCN(S(=O)(=O)C(F)(F)F)CC1.I. The average Bonchev–Trinajstić information content (AvgIpc) is 2.70. The van der Waals surface area contributed by atoms with Gasteiger partial charge in [-0.1, -0.05) is 12.1 Å². The molecule has 0 bridgehead atoms. The monoisotopic (exact) mass is 564 g/mol. The van der Waals surface area contributed by atoms with Gasteiger partial charge in [-0.05, 0) is 43.4 Å². The van der Waals surface area contributed by atoms with E-state index in [2.05, 4.69) is 15.6 Å². The summed E-state index contributed by atoms with van der Waals surface area (Å²) < 4.78 is 66.5. The number of alkyl halides is 3. The van der Waals surface area contributed by atoms with Crippen LogP contribution in [-0.4, -0.2) is 64.0 Å². The van der Waals surface area contributed by atoms with Crippen LogP contribution in [0.3, 0.4) is 0 Å². The van der Waals surface area contributed by atoms with Crippen LogP contribution in [0.5, 0.6) is 5.75 Å². The fourth-order valence-electron chi connectivity index (χ4n) is 3.10. The van der Waals surface area contributed by atoms with Crippen molar-refractivity contribution in [3.8, 4) is 5.75 Å². The summed E-state index contributed by atoms with van der Waals surface area (Å²) in [5, 5.41) is 6.33. The second kappa shape index (κ2) is 11.9. The molecule has 0 aromatic heterocycles. The van der Waals surface area contributed by atoms with Gasteiger partial charge in [0.25, 0.3) is 0 Å². The Hall–Kier alpha value is -1.28. The van der Waals surface area contributed by atoms with E-state index in [1.165, 1.54) is 0 Å². The van der Waals surface area contributed by atoms with Crippen LogP contribution < -0.4 is 15.4 Å². The maximum atomic E-state index is 12.6. The summed E-state index contributed by atoms with van der Waals surface area (Å²) in [5.74, 6) is 1.36. The maximum Gasteiger partial charge on any atom is 0.511 e. The summed E-state index contributed by atoms with van der Waals surface area (Å²) >= 11 is 0. The van der Waals surface area contributed by atoms with Crippen molar-refractivity contribution in [3.63, 3.8) is 0 Å². The van der Waals surface area contributed by atoms with Gasteiger partial charge in [-0.2, -0.15) is 17.5 Å². The van der Waals surface area contributed by atoms with Crippen molar-refractivity contribution < 1.29 is 26.3 Å². The number of halogens is 4. The summed E-state index contributed by atoms with van der Waals surface area (Å²) in [6, 6.07) is 7.69. The molecular formula is C18H28F3IN4O3S. The Morgan fingerprint density at radius 2 is 1.97 bits per heavy atom. The first-order chi connectivity index (χ1) is 13.7. The predicted octanol–water partition coefficient (Wildman–Crippen LogP) is 2.72. The van der Waals surface area contributed by atoms with E-state index in [0.717, 1.165) is 24.2 Å². The van der Waals surface area contributed by atoms with E-state index >= 15 is 0 Å². The van der Waals surface area contributed by atoms with Crippen molar-refractivity contribution >= 4 is 40.0 Å². The Morgan fingerprint density at radius 1 is 1.30 bits per heavy atom. The molecular weight excluding hydrogens is 536 g/mol. The predicted molar refractivity (Wildman–Crippen MR) is 121 cm³/mol. The minimum absolute atomic E-state index is 0. The third-order valence-electron chi connectivity index (χ3n) is 4.72. The van der Waals surface area contributed by atoms with Crippen LogP contribution in [0, 0.1) is 0 Å². The van der Waals surface area contributed by atoms with Crippen molar-refractivity contribution in [3.05, 3.63) is 29.8 Å². The molecule has 0 aliphatic carbocycles. The average molecular weight is 564 g/mol. The van der Waals surface area contributed by atoms with Gasteiger partial charge in [0.1, 0.15) is 5.75 Å². The smallest absolute Gasteiger partial charge is 0.497 e. The van der Waals surface area contributed by atoms with Crippen LogP contribution >= 0.6 is 24.0 Å². The highest BCUT2D eigenvalue weighted by Crippen LogP contribution is 2.28. The Balaban J connectivity index is 0.00000450. The van der Waals surface area contributed by atoms with Gasteiger partial charge in [0, 0.05) is 32.7 Å². The van der Waals surface area contributed by atoms with Gasteiger partial charge >= 0.3 is 15.5 Å². The van der Waals surface area contributed by atoms with Crippen LogP contribution in [0.4, 0.5) is 13.2 Å². The number of guanidine groups is 1. The minimum Gasteiger partial charge on any atom is -0.497 e. The summed E-state index contributed by atoms with van der Waals surface area (Å²) in [7, 11) is -2.02. The molecule has 0 saturated carbocycles. The zero-order chi connectivity index (χ0) is 21.5. The van der Waals surface area contributed by atoms with Crippen molar-refractivity contribution in [2.75, 3.05) is 33.8 Å². The van der Waals surface area contributed by atoms with Gasteiger partial charge in [-0.3, -0.25) is 4.99 Å². The zero-order valence-electron chi connectivity index (χ0n) is 16.9. The Labute approximate surface area is 192 Å². The molecule has 12 heteroatoms. The largest absolute Gasteiger partial charge is 0.511 e. The van der Waals surface area contributed by atoms with Crippen molar-refractivity contribution in [2.24, 2.45) is 4.99 Å². The van der Waals surface area contributed by atoms with E-state index in [4.69, 9.17) is 4.74 Å². The van der Waals surface area contributed by atoms with Gasteiger partial charge in [0.2, 0.25) is 0 Å². The van der Waals surface area contributed by atoms with E-state index < -0.39 is 15.5 Å². The molecule has 0 atom stereocenters. The first-order valence-electron chi connectivity index (χ1n) is 9.34. The fraction of sp³-hybridized carbons (Fsp3) is 0.611. The molecule has 0 amide bonds. The van der Waals surface area contributed by atoms with E-state index in [-0.39, 0.29) is 55.9 Å². The maximum absolute atomic E-state index is 12.6. The standard InChI is InChI=1S/C18H27F3N4O3S.HI/c1-22-17(23-10-4-6-14-5-3-7-16(13-14)28-2)24-15-8-11-25(12-9-15)29(26,27)18(19,20)21;/h3,5,7,13,15H,4,6,8-12H2,1-2H3,(H2,22,23,24);1H. The molecule has 0 radical (unpaired) electrons. The molecule has 30 heavy (non-hydrogen) atoms. The van der Waals surface area contributed by atoms with Gasteiger partial charge in [-0.25, -0.2) is 8.42 Å². The molecule has 7 nitrogen and oxygen atoms in total. The van der Waals surface area contributed by atoms with Crippen LogP contribution in [-0.2, 0) is 16.4 Å². The van der Waals surface area contributed by atoms with Gasteiger partial charge in [0.05, 0.1) is 7.11 Å². The molecule has 1 aromatic rings. The normalized spacial score (nSPS) is 16.6. The Kier molecular flexibility index (Phi) is 10.6. The van der Waals surface area contributed by atoms with E-state index in [0.29, 0.717) is 16.8 Å². The number of benzene rings is 1. The van der Waals surface area contributed by atoms with Crippen LogP contribution in [0.1, 0.15) is 24.8 Å². The number of aliphatic imine (C=N–C) groups is 1. The lowest BCUT2D eigenvalue weighted by Crippen LogP contribution is -2.51. The number of hydrogen-bond donors (Lipinski definition) is 2. The van der Waals surface area contributed by atoms with E-state index in [1.54, 1.807) is 14.2 Å². The molecule has 1 aromatic carbocycles. The fourth-order valence-corrected chi connectivity index (χ4v) is 4.09. The topological polar surface area (TPSA) is 83.0 Å². The van der Waals surface area contributed by atoms with Crippen LogP contribution in [0.15, 0.2) is 29.3 Å². The van der Waals surface area contributed by atoms with Crippen LogP contribution in [0.2, 0.25) is 0 Å². The van der Waals surface area contributed by atoms with Gasteiger partial charge in [0.15, 0.2) is 5.96 Å². The number of nitrogens with zero attached hydrogens (tertiary/aromatic N) is 2. The van der Waals surface area contributed by atoms with Gasteiger partial charge < -0.3 is 15.4 Å². The molecule has 2 rings (SSSR count). The molecule has 1 saturated heterocycles. The van der Waals surface area contributed by atoms with Crippen LogP contribution in [0.25, 0.3) is 0 Å². The first-order valence-corrected chi connectivity index (χ1v) is 10.8. The molecule has 1 aliphatic rings. The Bertz CT molecular complexity index is 798. The lowest BCUT2D eigenvalue weighted by molar-refractivity contribution is -0.0494. The molecule has 172 valence electrons. The molecule has 0 spiro atoms. The van der Waals surface area contributed by atoms with E-state index in [1.807, 2.05) is 24.3 Å². The number of hydrogen-bond acceptors (Lipinski definition) is 4. The quantitative estimate of drug-likeness (QED) is 0.231.